The molecule has 0 amide bonds. The van der Waals surface area contributed by atoms with E-state index in [0.29, 0.717) is 9.70 Å². The van der Waals surface area contributed by atoms with Crippen LogP contribution in [0.4, 0.5) is 13.2 Å². The molecule has 2 heterocycles. The second kappa shape index (κ2) is 6.30. The SMILES string of the molecule is O=S(=O)(O)c1cnc(-n2nc(C(F)(F)F)nc2-c2ccc(Cl)cc2)nc1. The van der Waals surface area contributed by atoms with Crippen LogP contribution in [0.2, 0.25) is 5.02 Å². The van der Waals surface area contributed by atoms with E-state index < -0.39 is 27.0 Å². The van der Waals surface area contributed by atoms with E-state index in [1.165, 1.54) is 24.3 Å². The first-order chi connectivity index (χ1) is 12.1. The zero-order valence-corrected chi connectivity index (χ0v) is 14.0. The van der Waals surface area contributed by atoms with Gasteiger partial charge < -0.3 is 0 Å². The maximum atomic E-state index is 13.0. The molecular formula is C13H7ClF3N5O3S. The Bertz CT molecular complexity index is 1050. The Balaban J connectivity index is 2.16. The first kappa shape index (κ1) is 18.2. The fraction of sp³-hybridized carbons (Fsp3) is 0.0769. The number of hydrogen-bond acceptors (Lipinski definition) is 6. The summed E-state index contributed by atoms with van der Waals surface area (Å²) in [5.74, 6) is -2.02. The van der Waals surface area contributed by atoms with Gasteiger partial charge in [-0.15, -0.1) is 5.10 Å². The molecule has 3 rings (SSSR count). The minimum absolute atomic E-state index is 0.228. The van der Waals surface area contributed by atoms with Crippen molar-refractivity contribution < 1.29 is 26.1 Å². The van der Waals surface area contributed by atoms with Gasteiger partial charge in [-0.2, -0.15) is 26.3 Å². The van der Waals surface area contributed by atoms with Gasteiger partial charge >= 0.3 is 6.18 Å². The standard InChI is InChI=1S/C13H7ClF3N5O3S/c14-8-3-1-7(2-4-8)10-20-11(13(15,16)17)21-22(10)12-18-5-9(6-19-12)26(23,24)25/h1-6H,(H,23,24,25). The van der Waals surface area contributed by atoms with E-state index in [2.05, 4.69) is 20.1 Å². The summed E-state index contributed by atoms with van der Waals surface area (Å²) < 4.78 is 70.6. The summed E-state index contributed by atoms with van der Waals surface area (Å²) in [6.07, 6.45) is -3.35. The molecule has 0 fully saturated rings. The van der Waals surface area contributed by atoms with Crippen LogP contribution in [0.5, 0.6) is 0 Å². The lowest BCUT2D eigenvalue weighted by Crippen LogP contribution is -2.10. The Labute approximate surface area is 149 Å². The van der Waals surface area contributed by atoms with Gasteiger partial charge in [0.2, 0.25) is 0 Å². The van der Waals surface area contributed by atoms with Crippen molar-refractivity contribution in [2.75, 3.05) is 0 Å². The quantitative estimate of drug-likeness (QED) is 0.667. The molecule has 26 heavy (non-hydrogen) atoms. The van der Waals surface area contributed by atoms with Crippen molar-refractivity contribution in [3.63, 3.8) is 0 Å². The smallest absolute Gasteiger partial charge is 0.282 e. The van der Waals surface area contributed by atoms with Crippen LogP contribution in [0, 0.1) is 0 Å². The third-order valence-corrected chi connectivity index (χ3v) is 4.12. The molecule has 0 atom stereocenters. The van der Waals surface area contributed by atoms with Crippen molar-refractivity contribution in [3.05, 3.63) is 47.5 Å². The summed E-state index contributed by atoms with van der Waals surface area (Å²) in [5.41, 5.74) is 0.250. The molecule has 136 valence electrons. The highest BCUT2D eigenvalue weighted by Crippen LogP contribution is 2.30. The molecule has 0 aliphatic carbocycles. The number of rotatable bonds is 3. The lowest BCUT2D eigenvalue weighted by molar-refractivity contribution is -0.144. The molecule has 0 spiro atoms. The Morgan fingerprint density at radius 3 is 2.15 bits per heavy atom. The largest absolute Gasteiger partial charge is 0.453 e. The molecule has 2 aromatic heterocycles. The van der Waals surface area contributed by atoms with Crippen LogP contribution in [0.3, 0.4) is 0 Å². The van der Waals surface area contributed by atoms with Crippen LogP contribution >= 0.6 is 11.6 Å². The van der Waals surface area contributed by atoms with E-state index in [4.69, 9.17) is 16.2 Å². The van der Waals surface area contributed by atoms with Crippen LogP contribution in [0.1, 0.15) is 5.82 Å². The number of benzene rings is 1. The molecular weight excluding hydrogens is 399 g/mol. The van der Waals surface area contributed by atoms with E-state index in [9.17, 15) is 21.6 Å². The molecule has 3 aromatic rings. The minimum atomic E-state index is -4.82. The van der Waals surface area contributed by atoms with Crippen molar-refractivity contribution in [2.24, 2.45) is 0 Å². The lowest BCUT2D eigenvalue weighted by atomic mass is 10.2. The molecule has 0 aliphatic heterocycles. The van der Waals surface area contributed by atoms with Crippen LogP contribution in [0.25, 0.3) is 17.3 Å². The van der Waals surface area contributed by atoms with Gasteiger partial charge in [0.25, 0.3) is 21.9 Å². The van der Waals surface area contributed by atoms with Crippen LogP contribution < -0.4 is 0 Å². The maximum absolute atomic E-state index is 13.0. The molecule has 1 N–H and O–H groups in total. The van der Waals surface area contributed by atoms with Crippen molar-refractivity contribution in [2.45, 2.75) is 11.1 Å². The van der Waals surface area contributed by atoms with E-state index in [1.54, 1.807) is 0 Å². The zero-order chi connectivity index (χ0) is 19.1. The highest BCUT2D eigenvalue weighted by atomic mass is 35.5. The molecule has 0 unspecified atom stereocenters. The van der Waals surface area contributed by atoms with Crippen LogP contribution in [-0.4, -0.2) is 37.7 Å². The number of aromatic nitrogens is 5. The minimum Gasteiger partial charge on any atom is -0.282 e. The van der Waals surface area contributed by atoms with Crippen molar-refractivity contribution >= 4 is 21.7 Å². The van der Waals surface area contributed by atoms with Gasteiger partial charge in [-0.3, -0.25) is 4.55 Å². The Morgan fingerprint density at radius 2 is 1.65 bits per heavy atom. The predicted molar refractivity (Wildman–Crippen MR) is 82.2 cm³/mol. The summed E-state index contributed by atoms with van der Waals surface area (Å²) in [6, 6.07) is 5.75. The van der Waals surface area contributed by atoms with E-state index in [-0.39, 0.29) is 17.3 Å². The van der Waals surface area contributed by atoms with E-state index >= 15 is 0 Å². The van der Waals surface area contributed by atoms with Gasteiger partial charge in [0.05, 0.1) is 12.4 Å². The fourth-order valence-electron chi connectivity index (χ4n) is 1.91. The molecule has 8 nitrogen and oxygen atoms in total. The number of hydrogen-bond donors (Lipinski definition) is 1. The highest BCUT2D eigenvalue weighted by molar-refractivity contribution is 7.85. The van der Waals surface area contributed by atoms with Gasteiger partial charge in [0.15, 0.2) is 5.82 Å². The Hall–Kier alpha value is -2.57. The van der Waals surface area contributed by atoms with Crippen LogP contribution in [0.15, 0.2) is 41.6 Å². The molecule has 1 aromatic carbocycles. The third kappa shape index (κ3) is 3.66. The van der Waals surface area contributed by atoms with Gasteiger partial charge in [-0.25, -0.2) is 15.0 Å². The first-order valence-electron chi connectivity index (χ1n) is 6.66. The van der Waals surface area contributed by atoms with Gasteiger partial charge in [0.1, 0.15) is 4.90 Å². The lowest BCUT2D eigenvalue weighted by Gasteiger charge is -2.04. The topological polar surface area (TPSA) is 111 Å². The normalized spacial score (nSPS) is 12.3. The maximum Gasteiger partial charge on any atom is 0.453 e. The number of halogens is 4. The van der Waals surface area contributed by atoms with E-state index in [0.717, 1.165) is 12.4 Å². The predicted octanol–water partition coefficient (Wildman–Crippen LogP) is 2.64. The summed E-state index contributed by atoms with van der Waals surface area (Å²) in [5, 5.41) is 3.72. The van der Waals surface area contributed by atoms with Gasteiger partial charge in [-0.05, 0) is 24.3 Å². The molecule has 0 aliphatic rings. The third-order valence-electron chi connectivity index (χ3n) is 3.06. The molecule has 0 radical (unpaired) electrons. The van der Waals surface area contributed by atoms with Gasteiger partial charge in [-0.1, -0.05) is 11.6 Å². The fourth-order valence-corrected chi connectivity index (χ4v) is 2.41. The summed E-state index contributed by atoms with van der Waals surface area (Å²) in [7, 11) is -4.55. The monoisotopic (exact) mass is 405 g/mol. The summed E-state index contributed by atoms with van der Waals surface area (Å²) in [6.45, 7) is 0. The number of nitrogens with zero attached hydrogens (tertiary/aromatic N) is 5. The molecule has 13 heteroatoms. The molecule has 0 saturated carbocycles. The average molecular weight is 406 g/mol. The van der Waals surface area contributed by atoms with Crippen LogP contribution in [-0.2, 0) is 16.3 Å². The summed E-state index contributed by atoms with van der Waals surface area (Å²) >= 11 is 5.77. The Morgan fingerprint density at radius 1 is 1.08 bits per heavy atom. The second-order valence-electron chi connectivity index (χ2n) is 4.87. The molecule has 0 saturated heterocycles. The Kier molecular flexibility index (Phi) is 4.42. The first-order valence-corrected chi connectivity index (χ1v) is 8.47. The summed E-state index contributed by atoms with van der Waals surface area (Å²) in [4.78, 5) is 10.1. The van der Waals surface area contributed by atoms with Crippen molar-refractivity contribution in [1.82, 2.24) is 24.7 Å². The zero-order valence-electron chi connectivity index (χ0n) is 12.4. The average Bonchev–Trinajstić information content (AvgIpc) is 3.00. The van der Waals surface area contributed by atoms with E-state index in [1.807, 2.05) is 0 Å². The molecule has 0 bridgehead atoms. The van der Waals surface area contributed by atoms with Crippen molar-refractivity contribution in [3.8, 4) is 17.3 Å². The highest BCUT2D eigenvalue weighted by Gasteiger charge is 2.37. The van der Waals surface area contributed by atoms with Crippen molar-refractivity contribution in [1.29, 1.82) is 0 Å². The second-order valence-corrected chi connectivity index (χ2v) is 6.73. The van der Waals surface area contributed by atoms with Gasteiger partial charge in [0, 0.05) is 10.6 Å². The number of alkyl halides is 3.